The number of rotatable bonds is 14. The van der Waals surface area contributed by atoms with Crippen molar-refractivity contribution < 1.29 is 47.7 Å². The Bertz CT molecular complexity index is 856. The number of imidazole rings is 1. The molecule has 0 saturated carbocycles. The number of amides is 1. The smallest absolute Gasteiger partial charge is 0.347 e. The van der Waals surface area contributed by atoms with Gasteiger partial charge in [0.05, 0.1) is 18.9 Å². The van der Waals surface area contributed by atoms with Gasteiger partial charge in [0.15, 0.2) is 18.3 Å². The average molecular weight is 500 g/mol. The van der Waals surface area contributed by atoms with Crippen molar-refractivity contribution in [3.05, 3.63) is 18.2 Å². The molecule has 4 atom stereocenters. The number of hydrogen-bond acceptors (Lipinski definition) is 11. The van der Waals surface area contributed by atoms with Crippen LogP contribution in [0, 0.1) is 5.92 Å². The SMILES string of the molecule is COCCOC(=O)C(Cc1cnc[nH]1)NC(=O)C(C)OC(=O)C(C)OC(=O)C(C)OC(=O)C(C)C. The molecule has 13 heteroatoms. The third-order valence-electron chi connectivity index (χ3n) is 4.49. The quantitative estimate of drug-likeness (QED) is 0.202. The molecule has 35 heavy (non-hydrogen) atoms. The van der Waals surface area contributed by atoms with Crippen LogP contribution in [0.15, 0.2) is 12.5 Å². The number of nitrogens with one attached hydrogen (secondary N) is 2. The predicted molar refractivity (Wildman–Crippen MR) is 119 cm³/mol. The Balaban J connectivity index is 2.66. The highest BCUT2D eigenvalue weighted by Gasteiger charge is 2.30. The van der Waals surface area contributed by atoms with E-state index >= 15 is 0 Å². The molecule has 1 aromatic heterocycles. The normalized spacial score (nSPS) is 14.3. The highest BCUT2D eigenvalue weighted by molar-refractivity contribution is 5.89. The Morgan fingerprint density at radius 1 is 0.857 bits per heavy atom. The highest BCUT2D eigenvalue weighted by Crippen LogP contribution is 2.07. The monoisotopic (exact) mass is 499 g/mol. The van der Waals surface area contributed by atoms with E-state index in [-0.39, 0.29) is 19.6 Å². The maximum absolute atomic E-state index is 12.6. The first-order chi connectivity index (χ1) is 16.5. The lowest BCUT2D eigenvalue weighted by Gasteiger charge is -2.21. The molecule has 196 valence electrons. The number of ether oxygens (including phenoxy) is 5. The van der Waals surface area contributed by atoms with Crippen molar-refractivity contribution >= 4 is 29.8 Å². The molecular weight excluding hydrogens is 466 g/mol. The maximum Gasteiger partial charge on any atom is 0.347 e. The van der Waals surface area contributed by atoms with Crippen LogP contribution in [0.3, 0.4) is 0 Å². The number of carbonyl (C=O) groups is 5. The second-order valence-corrected chi connectivity index (χ2v) is 7.89. The van der Waals surface area contributed by atoms with Crippen molar-refractivity contribution in [1.82, 2.24) is 15.3 Å². The summed E-state index contributed by atoms with van der Waals surface area (Å²) in [5, 5.41) is 2.47. The van der Waals surface area contributed by atoms with Crippen LogP contribution in [0.1, 0.15) is 40.3 Å². The fraction of sp³-hybridized carbons (Fsp3) is 0.636. The van der Waals surface area contributed by atoms with Gasteiger partial charge in [-0.2, -0.15) is 0 Å². The average Bonchev–Trinajstić information content (AvgIpc) is 3.31. The summed E-state index contributed by atoms with van der Waals surface area (Å²) in [6, 6.07) is -1.09. The first kappa shape index (κ1) is 29.6. The van der Waals surface area contributed by atoms with E-state index in [1.54, 1.807) is 13.8 Å². The number of H-pyrrole nitrogens is 1. The molecule has 2 N–H and O–H groups in total. The van der Waals surface area contributed by atoms with Crippen LogP contribution in [-0.2, 0) is 54.1 Å². The lowest BCUT2D eigenvalue weighted by Crippen LogP contribution is -2.48. The van der Waals surface area contributed by atoms with Gasteiger partial charge in [-0.1, -0.05) is 13.8 Å². The van der Waals surface area contributed by atoms with Gasteiger partial charge < -0.3 is 34.0 Å². The molecule has 13 nitrogen and oxygen atoms in total. The second kappa shape index (κ2) is 14.7. The Hall–Kier alpha value is -3.48. The number of aromatic amines is 1. The number of methoxy groups -OCH3 is 1. The number of carbonyl (C=O) groups excluding carboxylic acids is 5. The number of esters is 4. The van der Waals surface area contributed by atoms with E-state index in [2.05, 4.69) is 15.3 Å². The molecule has 0 saturated heterocycles. The highest BCUT2D eigenvalue weighted by atomic mass is 16.6. The standard InChI is InChI=1S/C22H33N3O10/c1-12(2)19(27)34-14(4)21(29)35-15(5)20(28)33-13(3)18(26)25-17(9-16-10-23-11-24-16)22(30)32-8-7-31-6/h10-15,17H,7-9H2,1-6H3,(H,23,24)(H,25,26). The van der Waals surface area contributed by atoms with Gasteiger partial charge in [-0.15, -0.1) is 0 Å². The Kier molecular flexibility index (Phi) is 12.4. The number of aromatic nitrogens is 2. The summed E-state index contributed by atoms with van der Waals surface area (Å²) in [5.41, 5.74) is 0.566. The molecule has 1 rings (SSSR count). The lowest BCUT2D eigenvalue weighted by molar-refractivity contribution is -0.180. The second-order valence-electron chi connectivity index (χ2n) is 7.89. The molecule has 1 amide bonds. The van der Waals surface area contributed by atoms with Gasteiger partial charge in [0.2, 0.25) is 0 Å². The lowest BCUT2D eigenvalue weighted by atomic mass is 10.1. The van der Waals surface area contributed by atoms with E-state index in [0.29, 0.717) is 5.69 Å². The molecule has 4 unspecified atom stereocenters. The van der Waals surface area contributed by atoms with Crippen molar-refractivity contribution in [2.24, 2.45) is 5.92 Å². The molecule has 0 aromatic carbocycles. The fourth-order valence-electron chi connectivity index (χ4n) is 2.42. The minimum absolute atomic E-state index is 0.0109. The molecule has 0 spiro atoms. The summed E-state index contributed by atoms with van der Waals surface area (Å²) >= 11 is 0. The van der Waals surface area contributed by atoms with Crippen LogP contribution in [0.5, 0.6) is 0 Å². The minimum atomic E-state index is -1.38. The summed E-state index contributed by atoms with van der Waals surface area (Å²) in [6.07, 6.45) is -0.969. The first-order valence-electron chi connectivity index (χ1n) is 11.0. The van der Waals surface area contributed by atoms with E-state index in [0.717, 1.165) is 0 Å². The predicted octanol–water partition coefficient (Wildman–Crippen LogP) is 0.0777. The molecular formula is C22H33N3O10. The molecule has 0 aliphatic rings. The zero-order valence-electron chi connectivity index (χ0n) is 20.7. The fourth-order valence-corrected chi connectivity index (χ4v) is 2.42. The Labute approximate surface area is 203 Å². The molecule has 0 bridgehead atoms. The van der Waals surface area contributed by atoms with Gasteiger partial charge in [-0.05, 0) is 20.8 Å². The topological polar surface area (TPSA) is 172 Å². The van der Waals surface area contributed by atoms with E-state index in [1.165, 1.54) is 40.4 Å². The first-order valence-corrected chi connectivity index (χ1v) is 11.0. The van der Waals surface area contributed by atoms with Gasteiger partial charge in [-0.25, -0.2) is 19.4 Å². The van der Waals surface area contributed by atoms with Crippen LogP contribution < -0.4 is 5.32 Å². The maximum atomic E-state index is 12.6. The summed E-state index contributed by atoms with van der Waals surface area (Å²) in [7, 11) is 1.45. The minimum Gasteiger partial charge on any atom is -0.462 e. The van der Waals surface area contributed by atoms with Crippen molar-refractivity contribution in [3.8, 4) is 0 Å². The van der Waals surface area contributed by atoms with E-state index in [4.69, 9.17) is 23.7 Å². The summed E-state index contributed by atoms with van der Waals surface area (Å²) in [6.45, 7) is 7.22. The number of nitrogens with zero attached hydrogens (tertiary/aromatic N) is 1. The van der Waals surface area contributed by atoms with Crippen molar-refractivity contribution in [2.75, 3.05) is 20.3 Å². The van der Waals surface area contributed by atoms with Crippen LogP contribution in [-0.4, -0.2) is 84.4 Å². The Morgan fingerprint density at radius 2 is 1.43 bits per heavy atom. The van der Waals surface area contributed by atoms with Crippen molar-refractivity contribution in [2.45, 2.75) is 65.4 Å². The third kappa shape index (κ3) is 10.5. The summed E-state index contributed by atoms with van der Waals surface area (Å²) < 4.78 is 24.9. The molecule has 1 aromatic rings. The van der Waals surface area contributed by atoms with E-state index in [9.17, 15) is 24.0 Å². The van der Waals surface area contributed by atoms with Crippen LogP contribution in [0.4, 0.5) is 0 Å². The summed E-state index contributed by atoms with van der Waals surface area (Å²) in [5.74, 6) is -4.48. The van der Waals surface area contributed by atoms with Crippen LogP contribution >= 0.6 is 0 Å². The van der Waals surface area contributed by atoms with Crippen molar-refractivity contribution in [1.29, 1.82) is 0 Å². The molecule has 0 fully saturated rings. The number of hydrogen-bond donors (Lipinski definition) is 2. The van der Waals surface area contributed by atoms with Gasteiger partial charge >= 0.3 is 23.9 Å². The molecule has 0 radical (unpaired) electrons. The van der Waals surface area contributed by atoms with Gasteiger partial charge in [0, 0.05) is 25.4 Å². The van der Waals surface area contributed by atoms with Gasteiger partial charge in [0.25, 0.3) is 5.91 Å². The van der Waals surface area contributed by atoms with Gasteiger partial charge in [-0.3, -0.25) is 9.59 Å². The third-order valence-corrected chi connectivity index (χ3v) is 4.49. The zero-order chi connectivity index (χ0) is 26.5. The van der Waals surface area contributed by atoms with Crippen molar-refractivity contribution in [3.63, 3.8) is 0 Å². The van der Waals surface area contributed by atoms with E-state index in [1.807, 2.05) is 0 Å². The molecule has 0 aliphatic heterocycles. The van der Waals surface area contributed by atoms with Gasteiger partial charge in [0.1, 0.15) is 12.6 Å². The van der Waals surface area contributed by atoms with E-state index < -0.39 is 60.1 Å². The molecule has 0 aliphatic carbocycles. The van der Waals surface area contributed by atoms with Crippen LogP contribution in [0.2, 0.25) is 0 Å². The largest absolute Gasteiger partial charge is 0.462 e. The molecule has 1 heterocycles. The van der Waals surface area contributed by atoms with Crippen LogP contribution in [0.25, 0.3) is 0 Å². The summed E-state index contributed by atoms with van der Waals surface area (Å²) in [4.78, 5) is 67.6. The Morgan fingerprint density at radius 3 is 1.94 bits per heavy atom. The zero-order valence-corrected chi connectivity index (χ0v) is 20.7.